The Labute approximate surface area is 245 Å². The summed E-state index contributed by atoms with van der Waals surface area (Å²) in [5.74, 6) is 0.301. The van der Waals surface area contributed by atoms with Gasteiger partial charge < -0.3 is 30.3 Å². The molecule has 13 heteroatoms. The Balaban J connectivity index is 1.83. The fourth-order valence-corrected chi connectivity index (χ4v) is 4.85. The summed E-state index contributed by atoms with van der Waals surface area (Å²) in [5, 5.41) is 11.6. The van der Waals surface area contributed by atoms with Gasteiger partial charge in [0.05, 0.1) is 34.2 Å². The molecule has 2 aromatic rings. The van der Waals surface area contributed by atoms with Crippen LogP contribution in [0.3, 0.4) is 0 Å². The van der Waals surface area contributed by atoms with E-state index in [0.717, 1.165) is 15.6 Å². The minimum absolute atomic E-state index is 0.0636. The summed E-state index contributed by atoms with van der Waals surface area (Å²) in [6.45, 7) is 13.0. The number of alkyl carbamates (subject to hydrolysis) is 1. The highest BCUT2D eigenvalue weighted by molar-refractivity contribution is 7.09. The number of amides is 4. The Kier molecular flexibility index (Phi) is 14.3. The van der Waals surface area contributed by atoms with Crippen LogP contribution in [-0.2, 0) is 27.4 Å². The molecule has 40 heavy (non-hydrogen) atoms. The van der Waals surface area contributed by atoms with Crippen LogP contribution in [0.4, 0.5) is 9.59 Å². The van der Waals surface area contributed by atoms with Gasteiger partial charge in [-0.3, -0.25) is 9.78 Å². The van der Waals surface area contributed by atoms with Gasteiger partial charge in [-0.15, -0.1) is 22.7 Å². The third-order valence-electron chi connectivity index (χ3n) is 5.77. The number of urea groups is 1. The molecule has 0 radical (unpaired) electrons. The predicted octanol–water partition coefficient (Wildman–Crippen LogP) is 4.51. The lowest BCUT2D eigenvalue weighted by Gasteiger charge is -2.25. The lowest BCUT2D eigenvalue weighted by Crippen LogP contribution is -2.54. The molecule has 2 aromatic heterocycles. The molecule has 3 atom stereocenters. The second-order valence-electron chi connectivity index (χ2n) is 10.7. The van der Waals surface area contributed by atoms with Crippen molar-refractivity contribution in [2.75, 3.05) is 20.3 Å². The SMILES string of the molecule is CC(C)COC[C@H](NC(=O)N(C)Cc1csc(C(C)C)n1)C(=O)N[C@@H](C)CC[C@H](C)NC(=O)OCc1cncs1. The van der Waals surface area contributed by atoms with Crippen molar-refractivity contribution in [2.45, 2.75) is 91.6 Å². The molecule has 0 saturated heterocycles. The number of nitrogens with zero attached hydrogens (tertiary/aromatic N) is 3. The normalized spacial score (nSPS) is 13.5. The van der Waals surface area contributed by atoms with Crippen LogP contribution in [0.1, 0.15) is 75.9 Å². The average Bonchev–Trinajstić information content (AvgIpc) is 3.58. The predicted molar refractivity (Wildman–Crippen MR) is 157 cm³/mol. The molecule has 11 nitrogen and oxygen atoms in total. The molecule has 0 aliphatic heterocycles. The Morgan fingerprint density at radius 3 is 2.27 bits per heavy atom. The van der Waals surface area contributed by atoms with Crippen LogP contribution in [0, 0.1) is 5.92 Å². The second-order valence-corrected chi connectivity index (χ2v) is 12.6. The average molecular weight is 597 g/mol. The zero-order valence-electron chi connectivity index (χ0n) is 24.6. The van der Waals surface area contributed by atoms with Crippen LogP contribution in [-0.4, -0.2) is 71.3 Å². The fourth-order valence-electron chi connectivity index (χ4n) is 3.52. The summed E-state index contributed by atoms with van der Waals surface area (Å²) in [6.07, 6.45) is 2.42. The van der Waals surface area contributed by atoms with Gasteiger partial charge in [0.25, 0.3) is 0 Å². The van der Waals surface area contributed by atoms with Crippen molar-refractivity contribution in [3.05, 3.63) is 32.7 Å². The minimum Gasteiger partial charge on any atom is -0.444 e. The Bertz CT molecular complexity index is 1050. The lowest BCUT2D eigenvalue weighted by atomic mass is 10.1. The molecule has 0 bridgehead atoms. The summed E-state index contributed by atoms with van der Waals surface area (Å²) in [6, 6.07) is -1.56. The molecule has 2 rings (SSSR count). The Morgan fingerprint density at radius 1 is 0.975 bits per heavy atom. The van der Waals surface area contributed by atoms with Crippen molar-refractivity contribution in [1.82, 2.24) is 30.8 Å². The Morgan fingerprint density at radius 2 is 1.68 bits per heavy atom. The first-order chi connectivity index (χ1) is 18.9. The maximum atomic E-state index is 13.1. The van der Waals surface area contributed by atoms with Gasteiger partial charge in [0, 0.05) is 43.2 Å². The molecule has 0 fully saturated rings. The summed E-state index contributed by atoms with van der Waals surface area (Å²) in [7, 11) is 1.67. The molecule has 224 valence electrons. The smallest absolute Gasteiger partial charge is 0.407 e. The monoisotopic (exact) mass is 596 g/mol. The van der Waals surface area contributed by atoms with E-state index in [4.69, 9.17) is 9.47 Å². The minimum atomic E-state index is -0.852. The standard InChI is InChI=1S/C27H44N6O5S2/c1-17(2)12-37-14-23(32-26(35)33(7)11-21-15-39-25(31-21)18(3)4)24(34)29-19(5)8-9-20(6)30-27(36)38-13-22-10-28-16-40-22/h10,15-20,23H,8-9,11-14H2,1-7H3,(H,29,34)(H,30,36)(H,32,35)/t19-,20-,23-/m0/s1. The zero-order chi connectivity index (χ0) is 29.7. The van der Waals surface area contributed by atoms with E-state index < -0.39 is 12.1 Å². The molecule has 4 amide bonds. The van der Waals surface area contributed by atoms with E-state index in [1.54, 1.807) is 30.1 Å². The van der Waals surface area contributed by atoms with Crippen molar-refractivity contribution in [3.8, 4) is 0 Å². The van der Waals surface area contributed by atoms with Crippen LogP contribution in [0.5, 0.6) is 0 Å². The fraction of sp³-hybridized carbons (Fsp3) is 0.667. The summed E-state index contributed by atoms with van der Waals surface area (Å²) in [5.41, 5.74) is 2.50. The number of hydrogen-bond acceptors (Lipinski definition) is 9. The molecule has 0 aliphatic carbocycles. The molecule has 0 saturated carbocycles. The van der Waals surface area contributed by atoms with E-state index in [1.807, 2.05) is 33.1 Å². The van der Waals surface area contributed by atoms with Gasteiger partial charge in [0.1, 0.15) is 12.6 Å². The quantitative estimate of drug-likeness (QED) is 0.260. The molecular weight excluding hydrogens is 552 g/mol. The van der Waals surface area contributed by atoms with E-state index in [1.165, 1.54) is 16.2 Å². The van der Waals surface area contributed by atoms with Crippen molar-refractivity contribution in [2.24, 2.45) is 5.92 Å². The van der Waals surface area contributed by atoms with E-state index in [9.17, 15) is 14.4 Å². The van der Waals surface area contributed by atoms with Gasteiger partial charge >= 0.3 is 12.1 Å². The molecular formula is C27H44N6O5S2. The lowest BCUT2D eigenvalue weighted by molar-refractivity contribution is -0.125. The van der Waals surface area contributed by atoms with Crippen LogP contribution in [0.25, 0.3) is 0 Å². The number of nitrogens with one attached hydrogen (secondary N) is 3. The molecule has 3 N–H and O–H groups in total. The molecule has 0 aliphatic rings. The highest BCUT2D eigenvalue weighted by atomic mass is 32.1. The van der Waals surface area contributed by atoms with Gasteiger partial charge in [-0.1, -0.05) is 27.7 Å². The first-order valence-electron chi connectivity index (χ1n) is 13.6. The van der Waals surface area contributed by atoms with Crippen molar-refractivity contribution in [1.29, 1.82) is 0 Å². The summed E-state index contributed by atoms with van der Waals surface area (Å²) < 4.78 is 10.9. The van der Waals surface area contributed by atoms with E-state index >= 15 is 0 Å². The van der Waals surface area contributed by atoms with Gasteiger partial charge in [-0.05, 0) is 32.6 Å². The summed E-state index contributed by atoms with van der Waals surface area (Å²) >= 11 is 3.00. The van der Waals surface area contributed by atoms with E-state index in [0.29, 0.717) is 37.8 Å². The maximum Gasteiger partial charge on any atom is 0.407 e. The number of ether oxygens (including phenoxy) is 2. The van der Waals surface area contributed by atoms with E-state index in [-0.39, 0.29) is 37.2 Å². The van der Waals surface area contributed by atoms with Crippen molar-refractivity contribution in [3.63, 3.8) is 0 Å². The molecule has 0 unspecified atom stereocenters. The highest BCUT2D eigenvalue weighted by Crippen LogP contribution is 2.19. The van der Waals surface area contributed by atoms with Gasteiger partial charge in [-0.2, -0.15) is 0 Å². The van der Waals surface area contributed by atoms with Crippen LogP contribution in [0.15, 0.2) is 17.1 Å². The Hall–Kier alpha value is -2.77. The number of thiazole rings is 2. The van der Waals surface area contributed by atoms with E-state index in [2.05, 4.69) is 39.8 Å². The largest absolute Gasteiger partial charge is 0.444 e. The molecule has 0 spiro atoms. The maximum absolute atomic E-state index is 13.1. The highest BCUT2D eigenvalue weighted by Gasteiger charge is 2.25. The van der Waals surface area contributed by atoms with Crippen LogP contribution >= 0.6 is 22.7 Å². The summed E-state index contributed by atoms with van der Waals surface area (Å²) in [4.78, 5) is 49.0. The third kappa shape index (κ3) is 12.6. The third-order valence-corrected chi connectivity index (χ3v) is 7.72. The number of carbonyl (C=O) groups excluding carboxylic acids is 3. The number of aromatic nitrogens is 2. The van der Waals surface area contributed by atoms with Gasteiger partial charge in [-0.25, -0.2) is 14.6 Å². The number of carbonyl (C=O) groups is 3. The van der Waals surface area contributed by atoms with Crippen LogP contribution < -0.4 is 16.0 Å². The van der Waals surface area contributed by atoms with Gasteiger partial charge in [0.15, 0.2) is 0 Å². The first-order valence-corrected chi connectivity index (χ1v) is 15.3. The zero-order valence-corrected chi connectivity index (χ0v) is 26.2. The molecule has 2 heterocycles. The first kappa shape index (κ1) is 33.4. The second kappa shape index (κ2) is 17.1. The molecule has 0 aromatic carbocycles. The van der Waals surface area contributed by atoms with Gasteiger partial charge in [0.2, 0.25) is 5.91 Å². The van der Waals surface area contributed by atoms with Crippen LogP contribution in [0.2, 0.25) is 0 Å². The van der Waals surface area contributed by atoms with Crippen molar-refractivity contribution < 1.29 is 23.9 Å². The number of rotatable bonds is 16. The topological polar surface area (TPSA) is 135 Å². The number of hydrogen-bond donors (Lipinski definition) is 3. The van der Waals surface area contributed by atoms with Crippen molar-refractivity contribution >= 4 is 40.7 Å².